The summed E-state index contributed by atoms with van der Waals surface area (Å²) >= 11 is 11.9. The van der Waals surface area contributed by atoms with Crippen LogP contribution in [0.4, 0.5) is 0 Å². The average Bonchev–Trinajstić information content (AvgIpc) is 3.13. The number of nitrogens with zero attached hydrogens (tertiary/aromatic N) is 3. The lowest BCUT2D eigenvalue weighted by Gasteiger charge is -2.14. The van der Waals surface area contributed by atoms with Crippen molar-refractivity contribution in [3.8, 4) is 11.7 Å². The molecule has 0 saturated heterocycles. The van der Waals surface area contributed by atoms with Gasteiger partial charge in [0.25, 0.3) is 5.89 Å². The topological polar surface area (TPSA) is 55.3 Å². The van der Waals surface area contributed by atoms with Crippen LogP contribution in [0.1, 0.15) is 11.5 Å². The molecule has 0 aliphatic rings. The van der Waals surface area contributed by atoms with E-state index < -0.39 is 0 Å². The molecular formula is C15H13Cl2N3O2. The van der Waals surface area contributed by atoms with E-state index in [0.717, 1.165) is 5.56 Å². The van der Waals surface area contributed by atoms with Gasteiger partial charge in [-0.3, -0.25) is 4.90 Å². The molecule has 0 aliphatic carbocycles. The summed E-state index contributed by atoms with van der Waals surface area (Å²) in [7, 11) is 1.96. The molecule has 0 aliphatic heterocycles. The number of benzene rings is 1. The molecule has 0 amide bonds. The van der Waals surface area contributed by atoms with Gasteiger partial charge in [0.05, 0.1) is 22.9 Å². The summed E-state index contributed by atoms with van der Waals surface area (Å²) in [6.07, 6.45) is 1.57. The van der Waals surface area contributed by atoms with Crippen LogP contribution in [-0.4, -0.2) is 22.1 Å². The van der Waals surface area contributed by atoms with E-state index in [9.17, 15) is 0 Å². The highest BCUT2D eigenvalue weighted by molar-refractivity contribution is 6.42. The molecule has 2 aromatic heterocycles. The van der Waals surface area contributed by atoms with Gasteiger partial charge in [-0.25, -0.2) is 0 Å². The Labute approximate surface area is 137 Å². The van der Waals surface area contributed by atoms with E-state index >= 15 is 0 Å². The summed E-state index contributed by atoms with van der Waals surface area (Å²) in [5.74, 6) is 1.46. The second kappa shape index (κ2) is 6.52. The summed E-state index contributed by atoms with van der Waals surface area (Å²) < 4.78 is 10.8. The first kappa shape index (κ1) is 15.1. The van der Waals surface area contributed by atoms with E-state index in [-0.39, 0.29) is 0 Å². The van der Waals surface area contributed by atoms with Crippen molar-refractivity contribution in [2.24, 2.45) is 0 Å². The van der Waals surface area contributed by atoms with Crippen LogP contribution in [0.25, 0.3) is 11.7 Å². The summed E-state index contributed by atoms with van der Waals surface area (Å²) in [4.78, 5) is 2.04. The van der Waals surface area contributed by atoms with Gasteiger partial charge >= 0.3 is 0 Å². The maximum absolute atomic E-state index is 6.02. The molecule has 22 heavy (non-hydrogen) atoms. The monoisotopic (exact) mass is 337 g/mol. The van der Waals surface area contributed by atoms with Gasteiger partial charge in [-0.15, -0.1) is 10.2 Å². The fraction of sp³-hybridized carbons (Fsp3) is 0.200. The van der Waals surface area contributed by atoms with Crippen LogP contribution >= 0.6 is 23.2 Å². The predicted molar refractivity (Wildman–Crippen MR) is 83.6 cm³/mol. The van der Waals surface area contributed by atoms with Crippen LogP contribution in [0.2, 0.25) is 10.0 Å². The zero-order chi connectivity index (χ0) is 15.5. The van der Waals surface area contributed by atoms with Gasteiger partial charge in [0, 0.05) is 6.54 Å². The minimum absolute atomic E-state index is 0.378. The van der Waals surface area contributed by atoms with E-state index in [1.165, 1.54) is 0 Å². The molecule has 0 atom stereocenters. The fourth-order valence-electron chi connectivity index (χ4n) is 2.05. The van der Waals surface area contributed by atoms with Gasteiger partial charge in [0.2, 0.25) is 5.89 Å². The molecule has 114 valence electrons. The van der Waals surface area contributed by atoms with Gasteiger partial charge in [-0.05, 0) is 36.9 Å². The van der Waals surface area contributed by atoms with Crippen LogP contribution in [0, 0.1) is 0 Å². The fourth-order valence-corrected chi connectivity index (χ4v) is 2.37. The predicted octanol–water partition coefficient (Wildman–Crippen LogP) is 4.27. The first-order chi connectivity index (χ1) is 10.6. The summed E-state index contributed by atoms with van der Waals surface area (Å²) in [6, 6.07) is 9.12. The zero-order valence-corrected chi connectivity index (χ0v) is 13.3. The Morgan fingerprint density at radius 2 is 1.95 bits per heavy atom. The van der Waals surface area contributed by atoms with Crippen LogP contribution < -0.4 is 0 Å². The van der Waals surface area contributed by atoms with Crippen molar-refractivity contribution in [3.63, 3.8) is 0 Å². The molecule has 0 saturated carbocycles. The lowest BCUT2D eigenvalue weighted by molar-refractivity contribution is 0.282. The third kappa shape index (κ3) is 3.50. The van der Waals surface area contributed by atoms with Crippen molar-refractivity contribution in [1.29, 1.82) is 0 Å². The second-order valence-electron chi connectivity index (χ2n) is 4.90. The standard InChI is InChI=1S/C15H13Cl2N3O2/c1-20(8-10-4-5-11(16)12(17)7-10)9-14-18-19-15(22-14)13-3-2-6-21-13/h2-7H,8-9H2,1H3. The third-order valence-corrected chi connectivity index (χ3v) is 3.78. The number of halogens is 2. The zero-order valence-electron chi connectivity index (χ0n) is 11.8. The van der Waals surface area contributed by atoms with Gasteiger partial charge in [0.15, 0.2) is 5.76 Å². The molecule has 7 heteroatoms. The number of aromatic nitrogens is 2. The Hall–Kier alpha value is -1.82. The number of hydrogen-bond acceptors (Lipinski definition) is 5. The normalized spacial score (nSPS) is 11.3. The highest BCUT2D eigenvalue weighted by atomic mass is 35.5. The van der Waals surface area contributed by atoms with Crippen molar-refractivity contribution >= 4 is 23.2 Å². The van der Waals surface area contributed by atoms with Gasteiger partial charge in [-0.2, -0.15) is 0 Å². The smallest absolute Gasteiger partial charge is 0.283 e. The van der Waals surface area contributed by atoms with Crippen LogP contribution in [0.15, 0.2) is 45.4 Å². The minimum atomic E-state index is 0.378. The van der Waals surface area contributed by atoms with E-state index in [4.69, 9.17) is 32.0 Å². The summed E-state index contributed by atoms with van der Waals surface area (Å²) in [5.41, 5.74) is 1.06. The largest absolute Gasteiger partial charge is 0.459 e. The van der Waals surface area contributed by atoms with E-state index in [2.05, 4.69) is 10.2 Å². The number of furan rings is 1. The first-order valence-corrected chi connectivity index (χ1v) is 7.36. The van der Waals surface area contributed by atoms with Crippen molar-refractivity contribution in [2.75, 3.05) is 7.05 Å². The molecule has 5 nitrogen and oxygen atoms in total. The third-order valence-electron chi connectivity index (χ3n) is 3.04. The van der Waals surface area contributed by atoms with E-state index in [1.54, 1.807) is 24.5 Å². The van der Waals surface area contributed by atoms with Crippen molar-refractivity contribution in [3.05, 3.63) is 58.1 Å². The molecular weight excluding hydrogens is 325 g/mol. The van der Waals surface area contributed by atoms with Crippen LogP contribution in [-0.2, 0) is 13.1 Å². The average molecular weight is 338 g/mol. The van der Waals surface area contributed by atoms with E-state index in [0.29, 0.717) is 40.7 Å². The maximum Gasteiger partial charge on any atom is 0.283 e. The summed E-state index contributed by atoms with van der Waals surface area (Å²) in [6.45, 7) is 1.21. The Kier molecular flexibility index (Phi) is 4.47. The number of rotatable bonds is 5. The first-order valence-electron chi connectivity index (χ1n) is 6.60. The van der Waals surface area contributed by atoms with Crippen LogP contribution in [0.3, 0.4) is 0 Å². The maximum atomic E-state index is 6.02. The molecule has 0 radical (unpaired) electrons. The molecule has 1 aromatic carbocycles. The second-order valence-corrected chi connectivity index (χ2v) is 5.71. The lowest BCUT2D eigenvalue weighted by atomic mass is 10.2. The van der Waals surface area contributed by atoms with Crippen molar-refractivity contribution in [2.45, 2.75) is 13.1 Å². The van der Waals surface area contributed by atoms with Gasteiger partial charge in [-0.1, -0.05) is 29.3 Å². The Morgan fingerprint density at radius 3 is 2.68 bits per heavy atom. The molecule has 2 heterocycles. The van der Waals surface area contributed by atoms with Gasteiger partial charge in [0.1, 0.15) is 0 Å². The minimum Gasteiger partial charge on any atom is -0.459 e. The lowest BCUT2D eigenvalue weighted by Crippen LogP contribution is -2.17. The Bertz CT molecular complexity index is 756. The van der Waals surface area contributed by atoms with Crippen molar-refractivity contribution in [1.82, 2.24) is 15.1 Å². The highest BCUT2D eigenvalue weighted by Crippen LogP contribution is 2.23. The molecule has 0 fully saturated rings. The SMILES string of the molecule is CN(Cc1ccc(Cl)c(Cl)c1)Cc1nnc(-c2ccco2)o1. The van der Waals surface area contributed by atoms with E-state index in [1.807, 2.05) is 24.1 Å². The highest BCUT2D eigenvalue weighted by Gasteiger charge is 2.12. The molecule has 0 unspecified atom stereocenters. The Balaban J connectivity index is 1.64. The van der Waals surface area contributed by atoms with Crippen LogP contribution in [0.5, 0.6) is 0 Å². The molecule has 3 rings (SSSR count). The molecule has 0 N–H and O–H groups in total. The summed E-state index contributed by atoms with van der Waals surface area (Å²) in [5, 5.41) is 9.08. The number of hydrogen-bond donors (Lipinski definition) is 0. The quantitative estimate of drug-likeness (QED) is 0.695. The molecule has 0 bridgehead atoms. The van der Waals surface area contributed by atoms with Gasteiger partial charge < -0.3 is 8.83 Å². The van der Waals surface area contributed by atoms with Crippen molar-refractivity contribution < 1.29 is 8.83 Å². The molecule has 0 spiro atoms. The Morgan fingerprint density at radius 1 is 1.09 bits per heavy atom. The molecule has 3 aromatic rings.